The SMILES string of the molecule is CCc1nn(Cc2cccc(OC)c2F)c(CC)c1C=O. The van der Waals surface area contributed by atoms with Crippen LogP contribution in [0, 0.1) is 5.82 Å². The number of carbonyl (C=O) groups is 1. The second-order valence-corrected chi connectivity index (χ2v) is 4.72. The van der Waals surface area contributed by atoms with Crippen molar-refractivity contribution in [3.8, 4) is 5.75 Å². The van der Waals surface area contributed by atoms with Crippen molar-refractivity contribution in [1.82, 2.24) is 9.78 Å². The van der Waals surface area contributed by atoms with Crippen LogP contribution in [0.4, 0.5) is 4.39 Å². The molecule has 0 aliphatic heterocycles. The summed E-state index contributed by atoms with van der Waals surface area (Å²) in [6.45, 7) is 4.19. The number of aldehydes is 1. The minimum atomic E-state index is -0.386. The Bertz CT molecular complexity index is 650. The summed E-state index contributed by atoms with van der Waals surface area (Å²) in [6, 6.07) is 5.02. The Balaban J connectivity index is 2.44. The van der Waals surface area contributed by atoms with E-state index in [1.807, 2.05) is 13.8 Å². The summed E-state index contributed by atoms with van der Waals surface area (Å²) >= 11 is 0. The zero-order valence-electron chi connectivity index (χ0n) is 12.5. The first-order valence-corrected chi connectivity index (χ1v) is 7.01. The quantitative estimate of drug-likeness (QED) is 0.768. The second kappa shape index (κ2) is 6.52. The molecule has 0 amide bonds. The van der Waals surface area contributed by atoms with Crippen molar-refractivity contribution < 1.29 is 13.9 Å². The summed E-state index contributed by atoms with van der Waals surface area (Å²) in [7, 11) is 1.44. The zero-order chi connectivity index (χ0) is 15.4. The predicted molar refractivity (Wildman–Crippen MR) is 78.4 cm³/mol. The molecule has 0 saturated heterocycles. The van der Waals surface area contributed by atoms with Gasteiger partial charge in [-0.05, 0) is 18.9 Å². The van der Waals surface area contributed by atoms with Gasteiger partial charge in [-0.1, -0.05) is 26.0 Å². The third-order valence-corrected chi connectivity index (χ3v) is 3.55. The first-order valence-electron chi connectivity index (χ1n) is 7.01. The fraction of sp³-hybridized carbons (Fsp3) is 0.375. The minimum Gasteiger partial charge on any atom is -0.494 e. The molecule has 112 valence electrons. The second-order valence-electron chi connectivity index (χ2n) is 4.72. The number of methoxy groups -OCH3 is 1. The number of carbonyl (C=O) groups excluding carboxylic acids is 1. The van der Waals surface area contributed by atoms with Crippen LogP contribution in [0.5, 0.6) is 5.75 Å². The third kappa shape index (κ3) is 2.82. The standard InChI is InChI=1S/C16H19FN2O2/c1-4-13-12(10-20)14(5-2)19(18-13)9-11-7-6-8-15(21-3)16(11)17/h6-8,10H,4-5,9H2,1-3H3. The molecule has 5 heteroatoms. The Hall–Kier alpha value is -2.17. The van der Waals surface area contributed by atoms with Crippen LogP contribution in [-0.4, -0.2) is 23.2 Å². The van der Waals surface area contributed by atoms with E-state index in [0.29, 0.717) is 24.0 Å². The molecule has 2 rings (SSSR count). The molecule has 4 nitrogen and oxygen atoms in total. The Morgan fingerprint density at radius 3 is 2.67 bits per heavy atom. The van der Waals surface area contributed by atoms with Gasteiger partial charge in [0.2, 0.25) is 0 Å². The number of nitrogens with zero attached hydrogens (tertiary/aromatic N) is 2. The third-order valence-electron chi connectivity index (χ3n) is 3.55. The van der Waals surface area contributed by atoms with Crippen molar-refractivity contribution in [2.45, 2.75) is 33.2 Å². The van der Waals surface area contributed by atoms with E-state index in [1.54, 1.807) is 22.9 Å². The summed E-state index contributed by atoms with van der Waals surface area (Å²) in [5.74, 6) is -0.174. The van der Waals surface area contributed by atoms with Crippen LogP contribution < -0.4 is 4.74 Å². The molecule has 2 aromatic rings. The van der Waals surface area contributed by atoms with Crippen molar-refractivity contribution >= 4 is 6.29 Å². The molecule has 0 radical (unpaired) electrons. The van der Waals surface area contributed by atoms with E-state index in [4.69, 9.17) is 4.74 Å². The van der Waals surface area contributed by atoms with E-state index in [9.17, 15) is 9.18 Å². The lowest BCUT2D eigenvalue weighted by Crippen LogP contribution is -2.08. The van der Waals surface area contributed by atoms with E-state index in [1.165, 1.54) is 7.11 Å². The molecule has 0 N–H and O–H groups in total. The monoisotopic (exact) mass is 290 g/mol. The Labute approximate surface area is 123 Å². The molecule has 0 bridgehead atoms. The van der Waals surface area contributed by atoms with Gasteiger partial charge in [-0.25, -0.2) is 4.39 Å². The van der Waals surface area contributed by atoms with E-state index in [2.05, 4.69) is 5.10 Å². The fourth-order valence-electron chi connectivity index (χ4n) is 2.46. The number of hydrogen-bond acceptors (Lipinski definition) is 3. The molecule has 1 aromatic carbocycles. The molecule has 0 atom stereocenters. The van der Waals surface area contributed by atoms with Crippen molar-refractivity contribution in [1.29, 1.82) is 0 Å². The number of aryl methyl sites for hydroxylation is 1. The fourth-order valence-corrected chi connectivity index (χ4v) is 2.46. The maximum Gasteiger partial charge on any atom is 0.170 e. The average molecular weight is 290 g/mol. The number of halogens is 1. The molecule has 0 unspecified atom stereocenters. The van der Waals surface area contributed by atoms with E-state index in [-0.39, 0.29) is 18.1 Å². The van der Waals surface area contributed by atoms with Gasteiger partial charge in [0.25, 0.3) is 0 Å². The molecule has 0 aliphatic carbocycles. The lowest BCUT2D eigenvalue weighted by Gasteiger charge is -2.09. The van der Waals surface area contributed by atoms with Crippen LogP contribution in [-0.2, 0) is 19.4 Å². The largest absolute Gasteiger partial charge is 0.494 e. The van der Waals surface area contributed by atoms with Gasteiger partial charge >= 0.3 is 0 Å². The van der Waals surface area contributed by atoms with Crippen LogP contribution in [0.2, 0.25) is 0 Å². The molecule has 21 heavy (non-hydrogen) atoms. The van der Waals surface area contributed by atoms with Gasteiger partial charge in [0.1, 0.15) is 0 Å². The van der Waals surface area contributed by atoms with Gasteiger partial charge in [-0.3, -0.25) is 9.48 Å². The first-order chi connectivity index (χ1) is 10.2. The lowest BCUT2D eigenvalue weighted by atomic mass is 10.1. The van der Waals surface area contributed by atoms with E-state index >= 15 is 0 Å². The summed E-state index contributed by atoms with van der Waals surface area (Å²) in [6.07, 6.45) is 2.18. The lowest BCUT2D eigenvalue weighted by molar-refractivity contribution is 0.112. The van der Waals surface area contributed by atoms with Crippen LogP contribution in [0.25, 0.3) is 0 Å². The van der Waals surface area contributed by atoms with Gasteiger partial charge in [0, 0.05) is 11.3 Å². The van der Waals surface area contributed by atoms with Gasteiger partial charge < -0.3 is 4.74 Å². The number of aromatic nitrogens is 2. The summed E-state index contributed by atoms with van der Waals surface area (Å²) < 4.78 is 20.9. The molecule has 1 aromatic heterocycles. The highest BCUT2D eigenvalue weighted by atomic mass is 19.1. The van der Waals surface area contributed by atoms with Crippen molar-refractivity contribution in [2.75, 3.05) is 7.11 Å². The summed E-state index contributed by atoms with van der Waals surface area (Å²) in [5.41, 5.74) is 2.71. The molecule has 0 saturated carbocycles. The average Bonchev–Trinajstić information content (AvgIpc) is 2.85. The number of rotatable bonds is 6. The number of benzene rings is 1. The Kier molecular flexibility index (Phi) is 4.73. The van der Waals surface area contributed by atoms with Crippen LogP contribution >= 0.6 is 0 Å². The van der Waals surface area contributed by atoms with Crippen LogP contribution in [0.1, 0.15) is 41.2 Å². The summed E-state index contributed by atoms with van der Waals surface area (Å²) in [5, 5.41) is 4.44. The Morgan fingerprint density at radius 2 is 2.10 bits per heavy atom. The maximum absolute atomic E-state index is 14.2. The molecule has 0 fully saturated rings. The normalized spacial score (nSPS) is 10.7. The van der Waals surface area contributed by atoms with Crippen molar-refractivity contribution in [2.24, 2.45) is 0 Å². The van der Waals surface area contributed by atoms with Gasteiger partial charge in [0.15, 0.2) is 17.9 Å². The first kappa shape index (κ1) is 15.2. The predicted octanol–water partition coefficient (Wildman–Crippen LogP) is 3.02. The summed E-state index contributed by atoms with van der Waals surface area (Å²) in [4.78, 5) is 11.3. The van der Waals surface area contributed by atoms with Crippen molar-refractivity contribution in [3.63, 3.8) is 0 Å². The van der Waals surface area contributed by atoms with Crippen molar-refractivity contribution in [3.05, 3.63) is 46.5 Å². The molecule has 0 spiro atoms. The van der Waals surface area contributed by atoms with E-state index < -0.39 is 0 Å². The molecular formula is C16H19FN2O2. The molecule has 1 heterocycles. The van der Waals surface area contributed by atoms with Crippen LogP contribution in [0.3, 0.4) is 0 Å². The zero-order valence-corrected chi connectivity index (χ0v) is 12.5. The molecular weight excluding hydrogens is 271 g/mol. The maximum atomic E-state index is 14.2. The smallest absolute Gasteiger partial charge is 0.170 e. The van der Waals surface area contributed by atoms with Gasteiger partial charge in [-0.2, -0.15) is 5.10 Å². The number of hydrogen-bond donors (Lipinski definition) is 0. The highest BCUT2D eigenvalue weighted by molar-refractivity contribution is 5.78. The van der Waals surface area contributed by atoms with Gasteiger partial charge in [-0.15, -0.1) is 0 Å². The van der Waals surface area contributed by atoms with Crippen LogP contribution in [0.15, 0.2) is 18.2 Å². The topological polar surface area (TPSA) is 44.1 Å². The highest BCUT2D eigenvalue weighted by Gasteiger charge is 2.17. The minimum absolute atomic E-state index is 0.212. The van der Waals surface area contributed by atoms with E-state index in [0.717, 1.165) is 17.7 Å². The molecule has 0 aliphatic rings. The number of ether oxygens (including phenoxy) is 1. The highest BCUT2D eigenvalue weighted by Crippen LogP contribution is 2.22. The van der Waals surface area contributed by atoms with Gasteiger partial charge in [0.05, 0.1) is 24.9 Å². The Morgan fingerprint density at radius 1 is 1.33 bits per heavy atom.